The van der Waals surface area contributed by atoms with E-state index in [1.54, 1.807) is 25.1 Å². The van der Waals surface area contributed by atoms with Gasteiger partial charge in [0.25, 0.3) is 5.69 Å². The molecule has 5 nitrogen and oxygen atoms in total. The van der Waals surface area contributed by atoms with Crippen molar-refractivity contribution in [1.82, 2.24) is 4.98 Å². The van der Waals surface area contributed by atoms with Crippen molar-refractivity contribution in [2.45, 2.75) is 6.92 Å². The zero-order valence-corrected chi connectivity index (χ0v) is 9.55. The summed E-state index contributed by atoms with van der Waals surface area (Å²) in [6.07, 6.45) is 0. The van der Waals surface area contributed by atoms with Gasteiger partial charge in [0.1, 0.15) is 5.69 Å². The summed E-state index contributed by atoms with van der Waals surface area (Å²) >= 11 is 0. The predicted octanol–water partition coefficient (Wildman–Crippen LogP) is 3.18. The molecule has 0 radical (unpaired) electrons. The molecule has 1 heterocycles. The van der Waals surface area contributed by atoms with Gasteiger partial charge in [-0.05, 0) is 25.1 Å². The Morgan fingerprint density at radius 2 is 1.94 bits per heavy atom. The molecule has 0 atom stereocenters. The second kappa shape index (κ2) is 4.79. The molecule has 6 heteroatoms. The molecule has 0 bridgehead atoms. The molecule has 0 aliphatic carbocycles. The van der Waals surface area contributed by atoms with Crippen molar-refractivity contribution in [3.8, 4) is 0 Å². The normalized spacial score (nSPS) is 10.1. The first-order chi connectivity index (χ1) is 8.58. The van der Waals surface area contributed by atoms with E-state index in [1.807, 2.05) is 0 Å². The van der Waals surface area contributed by atoms with Gasteiger partial charge in [-0.2, -0.15) is 4.39 Å². The maximum atomic E-state index is 12.8. The van der Waals surface area contributed by atoms with Crippen LogP contribution in [0.1, 0.15) is 5.69 Å². The van der Waals surface area contributed by atoms with E-state index in [0.29, 0.717) is 17.1 Å². The van der Waals surface area contributed by atoms with Crippen LogP contribution in [0.4, 0.5) is 21.5 Å². The zero-order valence-electron chi connectivity index (χ0n) is 9.55. The Labute approximate surface area is 102 Å². The largest absolute Gasteiger partial charge is 0.348 e. The SMILES string of the molecule is Cc1nc(F)ccc1Nc1ccccc1[N+](=O)[O-]. The lowest BCUT2D eigenvalue weighted by Crippen LogP contribution is -2.00. The van der Waals surface area contributed by atoms with Crippen LogP contribution in [-0.4, -0.2) is 9.91 Å². The van der Waals surface area contributed by atoms with E-state index in [4.69, 9.17) is 0 Å². The van der Waals surface area contributed by atoms with Gasteiger partial charge in [0.05, 0.1) is 16.3 Å². The summed E-state index contributed by atoms with van der Waals surface area (Å²) in [5.74, 6) is -0.583. The van der Waals surface area contributed by atoms with Crippen LogP contribution < -0.4 is 5.32 Å². The number of aryl methyl sites for hydroxylation is 1. The van der Waals surface area contributed by atoms with Gasteiger partial charge in [-0.15, -0.1) is 0 Å². The Bertz CT molecular complexity index is 602. The Kier molecular flexibility index (Phi) is 3.18. The monoisotopic (exact) mass is 247 g/mol. The highest BCUT2D eigenvalue weighted by Gasteiger charge is 2.13. The van der Waals surface area contributed by atoms with Gasteiger partial charge in [-0.3, -0.25) is 10.1 Å². The lowest BCUT2D eigenvalue weighted by Gasteiger charge is -2.08. The third kappa shape index (κ3) is 2.42. The molecular weight excluding hydrogens is 237 g/mol. The summed E-state index contributed by atoms with van der Waals surface area (Å²) in [5.41, 5.74) is 1.28. The number of nitro benzene ring substituents is 1. The van der Waals surface area contributed by atoms with Crippen molar-refractivity contribution in [3.05, 3.63) is 58.2 Å². The molecule has 0 fully saturated rings. The summed E-state index contributed by atoms with van der Waals surface area (Å²) in [5, 5.41) is 13.7. The highest BCUT2D eigenvalue weighted by molar-refractivity contribution is 5.70. The molecule has 2 rings (SSSR count). The second-order valence-electron chi connectivity index (χ2n) is 3.67. The van der Waals surface area contributed by atoms with Crippen LogP contribution in [-0.2, 0) is 0 Å². The number of rotatable bonds is 3. The summed E-state index contributed by atoms with van der Waals surface area (Å²) in [7, 11) is 0. The molecule has 0 spiro atoms. The van der Waals surface area contributed by atoms with Crippen LogP contribution in [0.5, 0.6) is 0 Å². The topological polar surface area (TPSA) is 68.1 Å². The van der Waals surface area contributed by atoms with E-state index in [-0.39, 0.29) is 5.69 Å². The minimum atomic E-state index is -0.583. The highest BCUT2D eigenvalue weighted by Crippen LogP contribution is 2.27. The summed E-state index contributed by atoms with van der Waals surface area (Å²) in [6.45, 7) is 1.63. The van der Waals surface area contributed by atoms with Crippen LogP contribution in [0.25, 0.3) is 0 Å². The van der Waals surface area contributed by atoms with Crippen molar-refractivity contribution in [1.29, 1.82) is 0 Å². The predicted molar refractivity (Wildman–Crippen MR) is 65.3 cm³/mol. The summed E-state index contributed by atoms with van der Waals surface area (Å²) < 4.78 is 12.8. The lowest BCUT2D eigenvalue weighted by molar-refractivity contribution is -0.383. The lowest BCUT2D eigenvalue weighted by atomic mass is 10.2. The van der Waals surface area contributed by atoms with Crippen molar-refractivity contribution in [2.75, 3.05) is 5.32 Å². The van der Waals surface area contributed by atoms with Crippen LogP contribution in [0.2, 0.25) is 0 Å². The number of nitro groups is 1. The molecule has 1 aromatic heterocycles. The second-order valence-corrected chi connectivity index (χ2v) is 3.67. The van der Waals surface area contributed by atoms with Gasteiger partial charge in [0.2, 0.25) is 5.95 Å². The molecule has 18 heavy (non-hydrogen) atoms. The quantitative estimate of drug-likeness (QED) is 0.513. The van der Waals surface area contributed by atoms with Crippen molar-refractivity contribution in [2.24, 2.45) is 0 Å². The molecule has 0 saturated carbocycles. The molecule has 0 unspecified atom stereocenters. The average molecular weight is 247 g/mol. The zero-order chi connectivity index (χ0) is 13.1. The number of hydrogen-bond donors (Lipinski definition) is 1. The fraction of sp³-hybridized carbons (Fsp3) is 0.0833. The Hall–Kier alpha value is -2.50. The van der Waals surface area contributed by atoms with Gasteiger partial charge in [-0.1, -0.05) is 12.1 Å². The van der Waals surface area contributed by atoms with Gasteiger partial charge in [0, 0.05) is 6.07 Å². The first kappa shape index (κ1) is 12.0. The van der Waals surface area contributed by atoms with Gasteiger partial charge >= 0.3 is 0 Å². The Balaban J connectivity index is 2.37. The summed E-state index contributed by atoms with van der Waals surface area (Å²) in [4.78, 5) is 14.0. The van der Waals surface area contributed by atoms with Crippen molar-refractivity contribution in [3.63, 3.8) is 0 Å². The number of para-hydroxylation sites is 2. The molecule has 1 N–H and O–H groups in total. The highest BCUT2D eigenvalue weighted by atomic mass is 19.1. The van der Waals surface area contributed by atoms with Crippen LogP contribution >= 0.6 is 0 Å². The van der Waals surface area contributed by atoms with E-state index in [2.05, 4.69) is 10.3 Å². The van der Waals surface area contributed by atoms with Crippen molar-refractivity contribution < 1.29 is 9.31 Å². The fourth-order valence-corrected chi connectivity index (χ4v) is 1.55. The maximum Gasteiger partial charge on any atom is 0.292 e. The number of pyridine rings is 1. The first-order valence-corrected chi connectivity index (χ1v) is 5.21. The standard InChI is InChI=1S/C12H10FN3O2/c1-8-9(6-7-12(13)14-8)15-10-4-2-3-5-11(10)16(17)18/h2-7,15H,1H3. The molecule has 92 valence electrons. The maximum absolute atomic E-state index is 12.8. The number of aromatic nitrogens is 1. The Morgan fingerprint density at radius 3 is 2.61 bits per heavy atom. The van der Waals surface area contributed by atoms with Gasteiger partial charge < -0.3 is 5.32 Å². The minimum Gasteiger partial charge on any atom is -0.348 e. The molecule has 0 aliphatic heterocycles. The Morgan fingerprint density at radius 1 is 1.22 bits per heavy atom. The number of hydrogen-bond acceptors (Lipinski definition) is 4. The summed E-state index contributed by atoms with van der Waals surface area (Å²) in [6, 6.07) is 8.94. The van der Waals surface area contributed by atoms with Crippen LogP contribution in [0.15, 0.2) is 36.4 Å². The first-order valence-electron chi connectivity index (χ1n) is 5.21. The average Bonchev–Trinajstić information content (AvgIpc) is 2.33. The molecular formula is C12H10FN3O2. The van der Waals surface area contributed by atoms with E-state index in [9.17, 15) is 14.5 Å². The smallest absolute Gasteiger partial charge is 0.292 e. The van der Waals surface area contributed by atoms with E-state index in [1.165, 1.54) is 18.2 Å². The molecule has 2 aromatic rings. The number of nitrogens with zero attached hydrogens (tertiary/aromatic N) is 2. The van der Waals surface area contributed by atoms with Crippen molar-refractivity contribution >= 4 is 17.1 Å². The number of benzene rings is 1. The molecule has 0 amide bonds. The molecule has 0 saturated heterocycles. The number of nitrogens with one attached hydrogen (secondary N) is 1. The molecule has 0 aliphatic rings. The number of halogens is 1. The third-order valence-electron chi connectivity index (χ3n) is 2.42. The molecule has 1 aromatic carbocycles. The van der Waals surface area contributed by atoms with Gasteiger partial charge in [-0.25, -0.2) is 4.98 Å². The van der Waals surface area contributed by atoms with E-state index < -0.39 is 10.9 Å². The van der Waals surface area contributed by atoms with Crippen LogP contribution in [0.3, 0.4) is 0 Å². The fourth-order valence-electron chi connectivity index (χ4n) is 1.55. The van der Waals surface area contributed by atoms with Gasteiger partial charge in [0.15, 0.2) is 0 Å². The van der Waals surface area contributed by atoms with Crippen LogP contribution in [0, 0.1) is 23.0 Å². The minimum absolute atomic E-state index is 0.0405. The third-order valence-corrected chi connectivity index (χ3v) is 2.42. The van der Waals surface area contributed by atoms with E-state index >= 15 is 0 Å². The van der Waals surface area contributed by atoms with E-state index in [0.717, 1.165) is 0 Å². The number of anilines is 2.